The van der Waals surface area contributed by atoms with Gasteiger partial charge in [-0.05, 0) is 80.2 Å². The largest absolute Gasteiger partial charge is 0.496 e. The Bertz CT molecular complexity index is 1490. The number of hydrogen-bond donors (Lipinski definition) is 0. The second-order valence-corrected chi connectivity index (χ2v) is 12.4. The van der Waals surface area contributed by atoms with Gasteiger partial charge in [0, 0.05) is 45.7 Å². The van der Waals surface area contributed by atoms with Crippen LogP contribution in [0.4, 0.5) is 0 Å². The molecule has 1 saturated heterocycles. The predicted molar refractivity (Wildman–Crippen MR) is 148 cm³/mol. The number of aromatic nitrogens is 1. The zero-order valence-corrected chi connectivity index (χ0v) is 22.2. The fourth-order valence-corrected chi connectivity index (χ4v) is 8.23. The van der Waals surface area contributed by atoms with E-state index in [4.69, 9.17) is 4.74 Å². The van der Waals surface area contributed by atoms with Crippen LogP contribution in [0.15, 0.2) is 42.5 Å². The highest BCUT2D eigenvalue weighted by Crippen LogP contribution is 2.46. The molecular formula is C31H34N2O2S. The van der Waals surface area contributed by atoms with Gasteiger partial charge >= 0.3 is 0 Å². The van der Waals surface area contributed by atoms with Crippen LogP contribution in [0.3, 0.4) is 0 Å². The number of methoxy groups -OCH3 is 1. The monoisotopic (exact) mass is 498 g/mol. The molecule has 2 aliphatic carbocycles. The molecule has 1 aliphatic heterocycles. The van der Waals surface area contributed by atoms with Crippen molar-refractivity contribution in [3.8, 4) is 16.3 Å². The van der Waals surface area contributed by atoms with E-state index in [-0.39, 0.29) is 5.91 Å². The van der Waals surface area contributed by atoms with Crippen molar-refractivity contribution < 1.29 is 9.53 Å². The van der Waals surface area contributed by atoms with Crippen molar-refractivity contribution in [3.05, 3.63) is 53.6 Å². The van der Waals surface area contributed by atoms with E-state index in [9.17, 15) is 4.79 Å². The Morgan fingerprint density at radius 1 is 1.11 bits per heavy atom. The number of likely N-dealkylation sites (tertiary alicyclic amines) is 1. The predicted octanol–water partition coefficient (Wildman–Crippen LogP) is 7.51. The first-order chi connectivity index (χ1) is 17.5. The van der Waals surface area contributed by atoms with Gasteiger partial charge in [0.05, 0.1) is 17.7 Å². The molecule has 2 aromatic heterocycles. The first-order valence-corrected chi connectivity index (χ1v) is 14.4. The van der Waals surface area contributed by atoms with Gasteiger partial charge in [-0.3, -0.25) is 4.79 Å². The summed E-state index contributed by atoms with van der Waals surface area (Å²) >= 11 is 1.81. The molecule has 186 valence electrons. The molecule has 7 rings (SSSR count). The molecular weight excluding hydrogens is 464 g/mol. The number of para-hydroxylation sites is 1. The van der Waals surface area contributed by atoms with Gasteiger partial charge in [-0.15, -0.1) is 11.3 Å². The van der Waals surface area contributed by atoms with Gasteiger partial charge in [-0.2, -0.15) is 0 Å². The van der Waals surface area contributed by atoms with Gasteiger partial charge in [0.2, 0.25) is 0 Å². The molecule has 3 fully saturated rings. The Morgan fingerprint density at radius 3 is 2.72 bits per heavy atom. The molecule has 0 N–H and O–H groups in total. The summed E-state index contributed by atoms with van der Waals surface area (Å²) in [4.78, 5) is 17.2. The lowest BCUT2D eigenvalue weighted by Crippen LogP contribution is -2.37. The molecule has 3 atom stereocenters. The molecule has 0 radical (unpaired) electrons. The minimum atomic E-state index is 0.173. The highest BCUT2D eigenvalue weighted by molar-refractivity contribution is 7.22. The lowest BCUT2D eigenvalue weighted by atomic mass is 9.81. The Labute approximate surface area is 216 Å². The molecule has 5 heteroatoms. The summed E-state index contributed by atoms with van der Waals surface area (Å²) in [7, 11) is 1.73. The summed E-state index contributed by atoms with van der Waals surface area (Å²) < 4.78 is 9.58. The fraction of sp³-hybridized carbons (Fsp3) is 0.452. The Hall–Kier alpha value is -2.79. The number of amides is 1. The van der Waals surface area contributed by atoms with E-state index in [0.29, 0.717) is 17.9 Å². The van der Waals surface area contributed by atoms with E-state index in [1.807, 2.05) is 6.07 Å². The van der Waals surface area contributed by atoms with E-state index in [2.05, 4.69) is 59.7 Å². The zero-order chi connectivity index (χ0) is 24.6. The summed E-state index contributed by atoms with van der Waals surface area (Å²) in [6.45, 7) is 6.53. The minimum absolute atomic E-state index is 0.173. The Balaban J connectivity index is 1.34. The molecule has 2 bridgehead atoms. The van der Waals surface area contributed by atoms with E-state index >= 15 is 0 Å². The van der Waals surface area contributed by atoms with Crippen molar-refractivity contribution in [2.75, 3.05) is 13.7 Å². The molecule has 3 unspecified atom stereocenters. The number of carbonyl (C=O) groups excluding carboxylic acids is 1. The second kappa shape index (κ2) is 8.37. The van der Waals surface area contributed by atoms with E-state index < -0.39 is 0 Å². The van der Waals surface area contributed by atoms with Crippen LogP contribution in [0.2, 0.25) is 0 Å². The molecule has 36 heavy (non-hydrogen) atoms. The number of rotatable bonds is 5. The lowest BCUT2D eigenvalue weighted by molar-refractivity contribution is 0.0715. The molecule has 2 saturated carbocycles. The van der Waals surface area contributed by atoms with Crippen LogP contribution >= 0.6 is 11.3 Å². The van der Waals surface area contributed by atoms with Crippen LogP contribution in [0, 0.1) is 24.7 Å². The van der Waals surface area contributed by atoms with Crippen molar-refractivity contribution in [1.82, 2.24) is 9.47 Å². The van der Waals surface area contributed by atoms with E-state index in [0.717, 1.165) is 46.8 Å². The number of carbonyl (C=O) groups is 1. The highest BCUT2D eigenvalue weighted by atomic mass is 32.1. The summed E-state index contributed by atoms with van der Waals surface area (Å²) in [6.07, 6.45) is 6.29. The third-order valence-electron chi connectivity index (χ3n) is 9.16. The van der Waals surface area contributed by atoms with Crippen molar-refractivity contribution in [1.29, 1.82) is 0 Å². The Kier molecular flexibility index (Phi) is 5.21. The number of nitrogens with zero attached hydrogens (tertiary/aromatic N) is 2. The number of fused-ring (bicyclic) bond motifs is 4. The van der Waals surface area contributed by atoms with Crippen LogP contribution in [0.1, 0.15) is 54.9 Å². The third kappa shape index (κ3) is 3.42. The summed E-state index contributed by atoms with van der Waals surface area (Å²) in [6, 6.07) is 15.6. The van der Waals surface area contributed by atoms with Gasteiger partial charge in [0.25, 0.3) is 5.91 Å². The normalized spacial score (nSPS) is 23.6. The molecule has 1 amide bonds. The van der Waals surface area contributed by atoms with Crippen molar-refractivity contribution in [2.24, 2.45) is 17.8 Å². The number of ether oxygens (including phenoxy) is 1. The van der Waals surface area contributed by atoms with Crippen molar-refractivity contribution >= 4 is 38.2 Å². The number of aryl methyl sites for hydroxylation is 1. The highest BCUT2D eigenvalue weighted by Gasteiger charge is 2.43. The molecule has 4 nitrogen and oxygen atoms in total. The summed E-state index contributed by atoms with van der Waals surface area (Å²) in [5, 5.41) is 2.44. The third-order valence-corrected chi connectivity index (χ3v) is 10.4. The van der Waals surface area contributed by atoms with Crippen LogP contribution in [0.25, 0.3) is 31.6 Å². The van der Waals surface area contributed by atoms with Gasteiger partial charge in [0.15, 0.2) is 0 Å². The average molecular weight is 499 g/mol. The van der Waals surface area contributed by atoms with Gasteiger partial charge in [-0.25, -0.2) is 0 Å². The van der Waals surface area contributed by atoms with E-state index in [1.165, 1.54) is 52.7 Å². The molecule has 3 heterocycles. The maximum atomic E-state index is 13.8. The summed E-state index contributed by atoms with van der Waals surface area (Å²) in [5.41, 5.74) is 4.62. The maximum absolute atomic E-state index is 13.8. The van der Waals surface area contributed by atoms with Crippen LogP contribution in [-0.2, 0) is 6.54 Å². The number of benzene rings is 2. The smallest absolute Gasteiger partial charge is 0.254 e. The van der Waals surface area contributed by atoms with Crippen molar-refractivity contribution in [2.45, 2.75) is 58.5 Å². The van der Waals surface area contributed by atoms with E-state index in [1.54, 1.807) is 18.4 Å². The first kappa shape index (κ1) is 22.4. The molecule has 3 aliphatic rings. The minimum Gasteiger partial charge on any atom is -0.496 e. The first-order valence-electron chi connectivity index (χ1n) is 13.5. The average Bonchev–Trinajstić information content (AvgIpc) is 3.53. The van der Waals surface area contributed by atoms with Gasteiger partial charge < -0.3 is 14.2 Å². The molecule has 4 aromatic rings. The van der Waals surface area contributed by atoms with Gasteiger partial charge in [-0.1, -0.05) is 31.5 Å². The maximum Gasteiger partial charge on any atom is 0.254 e. The van der Waals surface area contributed by atoms with Gasteiger partial charge in [0.1, 0.15) is 5.75 Å². The second-order valence-electron chi connectivity index (χ2n) is 11.3. The number of thiophene rings is 1. The molecule has 2 aromatic carbocycles. The van der Waals surface area contributed by atoms with Crippen LogP contribution < -0.4 is 4.74 Å². The summed E-state index contributed by atoms with van der Waals surface area (Å²) in [5.74, 6) is 3.04. The topological polar surface area (TPSA) is 34.5 Å². The lowest BCUT2D eigenvalue weighted by Gasteiger charge is -2.29. The standard InChI is InChI=1S/C31H34N2O2S/c1-18-22-8-6-10-24(18)33(17-22)31(34)23-14-27(35-3)29-19(2)30(36-28(29)15-23)26-13-21-7-4-5-9-25(21)32(26)16-20-11-12-20/h4-5,7,9,13-15,18,20,22,24H,6,8,10-12,16-17H2,1-3H3. The SMILES string of the molecule is COc1cc(C(=O)N2CC3CCCC2C3C)cc2sc(-c3cc4ccccc4n3CC3CC3)c(C)c12. The zero-order valence-electron chi connectivity index (χ0n) is 21.4. The molecule has 0 spiro atoms. The Morgan fingerprint density at radius 2 is 1.94 bits per heavy atom. The quantitative estimate of drug-likeness (QED) is 0.285. The van der Waals surface area contributed by atoms with Crippen LogP contribution in [0.5, 0.6) is 5.75 Å². The number of hydrogen-bond acceptors (Lipinski definition) is 3. The van der Waals surface area contributed by atoms with Crippen LogP contribution in [-0.4, -0.2) is 35.1 Å². The fourth-order valence-electron chi connectivity index (χ4n) is 6.94. The van der Waals surface area contributed by atoms with Crippen molar-refractivity contribution in [3.63, 3.8) is 0 Å².